The normalized spacial score (nSPS) is 17.7. The molecule has 1 unspecified atom stereocenters. The topological polar surface area (TPSA) is 91.0 Å². The second kappa shape index (κ2) is 11.3. The van der Waals surface area contributed by atoms with Crippen LogP contribution in [0.25, 0.3) is 0 Å². The van der Waals surface area contributed by atoms with Crippen molar-refractivity contribution >= 4 is 51.7 Å². The Labute approximate surface area is 177 Å². The molecule has 1 aliphatic heterocycles. The van der Waals surface area contributed by atoms with Crippen molar-refractivity contribution in [3.8, 4) is 0 Å². The number of guanidine groups is 1. The molecule has 1 aromatic rings. The summed E-state index contributed by atoms with van der Waals surface area (Å²) in [5, 5.41) is 7.44. The molecule has 11 heteroatoms. The van der Waals surface area contributed by atoms with E-state index in [9.17, 15) is 8.42 Å². The summed E-state index contributed by atoms with van der Waals surface area (Å²) in [4.78, 5) is 6.80. The number of nitrogens with zero attached hydrogens (tertiary/aromatic N) is 4. The maximum Gasteiger partial charge on any atom is 0.220 e. The van der Waals surface area contributed by atoms with Crippen LogP contribution in [0.15, 0.2) is 21.8 Å². The number of thioether (sulfide) groups is 1. The quantitative estimate of drug-likeness (QED) is 0.333. The molecule has 26 heavy (non-hydrogen) atoms. The van der Waals surface area contributed by atoms with Crippen LogP contribution >= 0.6 is 35.7 Å². The summed E-state index contributed by atoms with van der Waals surface area (Å²) in [6, 6.07) is 1.58. The maximum atomic E-state index is 12.5. The van der Waals surface area contributed by atoms with Crippen LogP contribution in [-0.2, 0) is 15.8 Å². The van der Waals surface area contributed by atoms with Gasteiger partial charge in [0, 0.05) is 44.0 Å². The van der Waals surface area contributed by atoms with Crippen LogP contribution in [0.4, 0.5) is 0 Å². The van der Waals surface area contributed by atoms with Crippen molar-refractivity contribution in [2.75, 3.05) is 45.5 Å². The van der Waals surface area contributed by atoms with E-state index in [2.05, 4.69) is 33.5 Å². The first kappa shape index (κ1) is 23.5. The van der Waals surface area contributed by atoms with Gasteiger partial charge in [0.25, 0.3) is 0 Å². The van der Waals surface area contributed by atoms with E-state index in [4.69, 9.17) is 4.52 Å². The molecule has 1 aromatic heterocycles. The van der Waals surface area contributed by atoms with E-state index in [1.807, 2.05) is 6.92 Å². The molecule has 1 N–H and O–H groups in total. The van der Waals surface area contributed by atoms with Gasteiger partial charge in [0.05, 0.1) is 12.2 Å². The lowest BCUT2D eigenvalue weighted by atomic mass is 10.4. The standard InChI is InChI=1S/C15H27N5O3S2.HI/c1-4-16-15(17-11-13(2)24-3)19-6-8-20(9-7-19)25(21,22)12-14-5-10-23-18-14;/h5,10,13H,4,6-9,11-12H2,1-3H3,(H,16,17);1H. The van der Waals surface area contributed by atoms with Gasteiger partial charge in [-0.05, 0) is 13.2 Å². The molecule has 0 bridgehead atoms. The Morgan fingerprint density at radius 2 is 2.12 bits per heavy atom. The van der Waals surface area contributed by atoms with Gasteiger partial charge in [0.2, 0.25) is 10.0 Å². The minimum atomic E-state index is -3.38. The second-order valence-electron chi connectivity index (χ2n) is 5.87. The minimum Gasteiger partial charge on any atom is -0.364 e. The first-order valence-electron chi connectivity index (χ1n) is 8.39. The van der Waals surface area contributed by atoms with Gasteiger partial charge in [-0.2, -0.15) is 16.1 Å². The van der Waals surface area contributed by atoms with Crippen LogP contribution in [0, 0.1) is 0 Å². The van der Waals surface area contributed by atoms with E-state index < -0.39 is 10.0 Å². The largest absolute Gasteiger partial charge is 0.364 e. The van der Waals surface area contributed by atoms with Crippen LogP contribution < -0.4 is 5.32 Å². The predicted octanol–water partition coefficient (Wildman–Crippen LogP) is 1.46. The number of aromatic nitrogens is 1. The van der Waals surface area contributed by atoms with Crippen LogP contribution in [0.2, 0.25) is 0 Å². The fourth-order valence-corrected chi connectivity index (χ4v) is 4.13. The van der Waals surface area contributed by atoms with Crippen molar-refractivity contribution in [2.24, 2.45) is 4.99 Å². The molecule has 0 aliphatic carbocycles. The zero-order chi connectivity index (χ0) is 18.3. The molecule has 0 radical (unpaired) electrons. The molecule has 2 rings (SSSR count). The monoisotopic (exact) mass is 517 g/mol. The third kappa shape index (κ3) is 6.89. The molecule has 1 saturated heterocycles. The highest BCUT2D eigenvalue weighted by molar-refractivity contribution is 14.0. The molecular formula is C15H28IN5O3S2. The van der Waals surface area contributed by atoms with Crippen molar-refractivity contribution < 1.29 is 12.9 Å². The van der Waals surface area contributed by atoms with Crippen molar-refractivity contribution in [1.82, 2.24) is 19.7 Å². The first-order valence-corrected chi connectivity index (χ1v) is 11.3. The Kier molecular flexibility index (Phi) is 10.3. The van der Waals surface area contributed by atoms with E-state index in [1.54, 1.807) is 17.8 Å². The Hall–Kier alpha value is -0.530. The Morgan fingerprint density at radius 1 is 1.42 bits per heavy atom. The van der Waals surface area contributed by atoms with Crippen molar-refractivity contribution in [3.63, 3.8) is 0 Å². The van der Waals surface area contributed by atoms with E-state index in [0.717, 1.165) is 19.0 Å². The summed E-state index contributed by atoms with van der Waals surface area (Å²) in [6.07, 6.45) is 3.46. The second-order valence-corrected chi connectivity index (χ2v) is 9.12. The Morgan fingerprint density at radius 3 is 2.65 bits per heavy atom. The summed E-state index contributed by atoms with van der Waals surface area (Å²) in [5.41, 5.74) is 0.434. The minimum absolute atomic E-state index is 0. The molecule has 2 heterocycles. The number of hydrogen-bond acceptors (Lipinski definition) is 6. The van der Waals surface area contributed by atoms with E-state index in [1.165, 1.54) is 10.6 Å². The molecule has 1 aliphatic rings. The highest BCUT2D eigenvalue weighted by Crippen LogP contribution is 2.13. The van der Waals surface area contributed by atoms with Gasteiger partial charge >= 0.3 is 0 Å². The third-order valence-corrected chi connectivity index (χ3v) is 6.75. The van der Waals surface area contributed by atoms with Gasteiger partial charge in [-0.15, -0.1) is 24.0 Å². The van der Waals surface area contributed by atoms with Gasteiger partial charge < -0.3 is 14.7 Å². The number of aliphatic imine (C=N–C) groups is 1. The highest BCUT2D eigenvalue weighted by atomic mass is 127. The maximum absolute atomic E-state index is 12.5. The zero-order valence-corrected chi connectivity index (χ0v) is 19.4. The van der Waals surface area contributed by atoms with Gasteiger partial charge in [0.15, 0.2) is 5.96 Å². The SMILES string of the molecule is CCNC(=NCC(C)SC)N1CCN(S(=O)(=O)Cc2ccon2)CC1.I. The Balaban J connectivity index is 0.00000338. The number of halogens is 1. The van der Waals surface area contributed by atoms with E-state index in [-0.39, 0.29) is 29.7 Å². The first-order chi connectivity index (χ1) is 12.0. The van der Waals surface area contributed by atoms with Crippen molar-refractivity contribution in [3.05, 3.63) is 18.0 Å². The van der Waals surface area contributed by atoms with Crippen LogP contribution in [0.3, 0.4) is 0 Å². The van der Waals surface area contributed by atoms with Crippen LogP contribution in [-0.4, -0.2) is 79.5 Å². The lowest BCUT2D eigenvalue weighted by Crippen LogP contribution is -2.54. The highest BCUT2D eigenvalue weighted by Gasteiger charge is 2.29. The van der Waals surface area contributed by atoms with E-state index >= 15 is 0 Å². The molecule has 0 saturated carbocycles. The van der Waals surface area contributed by atoms with Crippen LogP contribution in [0.1, 0.15) is 19.5 Å². The number of sulfonamides is 1. The molecule has 0 amide bonds. The molecule has 1 atom stereocenters. The lowest BCUT2D eigenvalue weighted by molar-refractivity contribution is 0.260. The number of hydrogen-bond donors (Lipinski definition) is 1. The predicted molar refractivity (Wildman–Crippen MR) is 117 cm³/mol. The van der Waals surface area contributed by atoms with Gasteiger partial charge in [-0.1, -0.05) is 12.1 Å². The van der Waals surface area contributed by atoms with E-state index in [0.29, 0.717) is 37.1 Å². The van der Waals surface area contributed by atoms with Gasteiger partial charge in [-0.3, -0.25) is 4.99 Å². The van der Waals surface area contributed by atoms with Crippen molar-refractivity contribution in [1.29, 1.82) is 0 Å². The average Bonchev–Trinajstić information content (AvgIpc) is 3.10. The smallest absolute Gasteiger partial charge is 0.220 e. The fraction of sp³-hybridized carbons (Fsp3) is 0.733. The van der Waals surface area contributed by atoms with Crippen molar-refractivity contribution in [2.45, 2.75) is 24.9 Å². The van der Waals surface area contributed by atoms with Gasteiger partial charge in [0.1, 0.15) is 12.0 Å². The molecule has 8 nitrogen and oxygen atoms in total. The molecule has 0 aromatic carbocycles. The summed E-state index contributed by atoms with van der Waals surface area (Å²) >= 11 is 1.78. The lowest BCUT2D eigenvalue weighted by Gasteiger charge is -2.35. The van der Waals surface area contributed by atoms with Crippen LogP contribution in [0.5, 0.6) is 0 Å². The summed E-state index contributed by atoms with van der Waals surface area (Å²) < 4.78 is 31.2. The average molecular weight is 517 g/mol. The molecule has 150 valence electrons. The number of rotatable bonds is 7. The fourth-order valence-electron chi connectivity index (χ4n) is 2.48. The molecule has 1 fully saturated rings. The summed E-state index contributed by atoms with van der Waals surface area (Å²) in [5.74, 6) is 0.736. The summed E-state index contributed by atoms with van der Waals surface area (Å²) in [6.45, 7) is 7.85. The summed E-state index contributed by atoms with van der Waals surface area (Å²) in [7, 11) is -3.38. The zero-order valence-electron chi connectivity index (χ0n) is 15.4. The number of piperazine rings is 1. The Bertz CT molecular complexity index is 646. The molecular weight excluding hydrogens is 489 g/mol. The number of nitrogens with one attached hydrogen (secondary N) is 1. The van der Waals surface area contributed by atoms with Gasteiger partial charge in [-0.25, -0.2) is 8.42 Å². The third-order valence-electron chi connectivity index (χ3n) is 3.99. The molecule has 0 spiro atoms.